The van der Waals surface area contributed by atoms with Gasteiger partial charge in [0.25, 0.3) is 11.8 Å². The minimum atomic E-state index is -1.23. The highest BCUT2D eigenvalue weighted by atomic mass is 35.5. The second-order valence-electron chi connectivity index (χ2n) is 10.8. The minimum Gasteiger partial charge on any atom is -0.508 e. The Morgan fingerprint density at radius 3 is 2.45 bits per heavy atom. The quantitative estimate of drug-likeness (QED) is 0.318. The normalized spacial score (nSPS) is 15.4. The molecule has 1 aliphatic heterocycles. The van der Waals surface area contributed by atoms with Crippen molar-refractivity contribution in [3.05, 3.63) is 64.2 Å². The summed E-state index contributed by atoms with van der Waals surface area (Å²) < 4.78 is 10.1. The lowest BCUT2D eigenvalue weighted by Gasteiger charge is -2.24. The maximum Gasteiger partial charge on any atom is 0.410 e. The third-order valence-corrected chi connectivity index (χ3v) is 6.63. The van der Waals surface area contributed by atoms with Crippen molar-refractivity contribution in [1.29, 1.82) is 0 Å². The summed E-state index contributed by atoms with van der Waals surface area (Å²) in [4.78, 5) is 64.4. The van der Waals surface area contributed by atoms with Crippen molar-refractivity contribution >= 4 is 41.4 Å². The first kappa shape index (κ1) is 32.2. The minimum absolute atomic E-state index is 0.00484. The van der Waals surface area contributed by atoms with Crippen molar-refractivity contribution in [2.24, 2.45) is 5.92 Å². The number of esters is 1. The van der Waals surface area contributed by atoms with E-state index in [2.05, 4.69) is 16.0 Å². The number of amides is 4. The third-order valence-electron chi connectivity index (χ3n) is 6.32. The highest BCUT2D eigenvalue weighted by Crippen LogP contribution is 2.21. The van der Waals surface area contributed by atoms with Gasteiger partial charge in [-0.3, -0.25) is 14.4 Å². The van der Waals surface area contributed by atoms with Crippen LogP contribution in [0.3, 0.4) is 0 Å². The van der Waals surface area contributed by atoms with Gasteiger partial charge in [-0.1, -0.05) is 23.7 Å². The summed E-state index contributed by atoms with van der Waals surface area (Å²) >= 11 is 6.29. The molecule has 3 rings (SSSR count). The summed E-state index contributed by atoms with van der Waals surface area (Å²) in [5.41, 5.74) is 0.239. The molecule has 226 valence electrons. The molecule has 0 aromatic heterocycles. The van der Waals surface area contributed by atoms with E-state index in [0.717, 1.165) is 7.11 Å². The van der Waals surface area contributed by atoms with Crippen LogP contribution >= 0.6 is 11.6 Å². The molecule has 2 unspecified atom stereocenters. The van der Waals surface area contributed by atoms with Crippen molar-refractivity contribution in [2.45, 2.75) is 45.4 Å². The van der Waals surface area contributed by atoms with Gasteiger partial charge in [0.05, 0.1) is 23.6 Å². The number of halogens is 1. The van der Waals surface area contributed by atoms with Gasteiger partial charge in [0, 0.05) is 31.7 Å². The maximum atomic E-state index is 13.0. The molecule has 0 spiro atoms. The number of carbonyl (C=O) groups excluding carboxylic acids is 5. The predicted molar refractivity (Wildman–Crippen MR) is 153 cm³/mol. The number of likely N-dealkylation sites (tertiary alicyclic amines) is 1. The van der Waals surface area contributed by atoms with Crippen LogP contribution in [-0.2, 0) is 25.6 Å². The number of ether oxygens (including phenoxy) is 2. The molecule has 0 aliphatic carbocycles. The fourth-order valence-corrected chi connectivity index (χ4v) is 4.44. The number of phenolic OH excluding ortho intramolecular Hbond substituents is 1. The third kappa shape index (κ3) is 9.10. The molecule has 2 atom stereocenters. The van der Waals surface area contributed by atoms with Crippen LogP contribution in [0.4, 0.5) is 4.79 Å². The summed E-state index contributed by atoms with van der Waals surface area (Å²) in [5.74, 6) is -2.76. The standard InChI is InChI=1S/C29H35ClN4O8/c1-29(2,3)42-28(40)34-11-10-19(16-34)25(37)32-15-23(27(39)41-4)33-26(38)21-9-8-18(13-22(21)30)24(36)31-14-17-6-5-7-20(35)12-17/h5-9,12-13,19,23,35H,10-11,14-16H2,1-4H3,(H,31,36)(H,32,37)(H,33,38). The second-order valence-corrected chi connectivity index (χ2v) is 11.2. The number of nitrogens with zero attached hydrogens (tertiary/aromatic N) is 1. The smallest absolute Gasteiger partial charge is 0.410 e. The average molecular weight is 603 g/mol. The molecule has 13 heteroatoms. The molecule has 1 fully saturated rings. The molecule has 1 aliphatic rings. The van der Waals surface area contributed by atoms with Crippen LogP contribution < -0.4 is 16.0 Å². The van der Waals surface area contributed by atoms with Crippen LogP contribution in [0.15, 0.2) is 42.5 Å². The van der Waals surface area contributed by atoms with Crippen molar-refractivity contribution in [1.82, 2.24) is 20.9 Å². The Hall–Kier alpha value is -4.32. The number of carbonyl (C=O) groups is 5. The maximum absolute atomic E-state index is 13.0. The Balaban J connectivity index is 1.56. The lowest BCUT2D eigenvalue weighted by molar-refractivity contribution is -0.142. The molecule has 4 N–H and O–H groups in total. The SMILES string of the molecule is COC(=O)C(CNC(=O)C1CCN(C(=O)OC(C)(C)C)C1)NC(=O)c1ccc(C(=O)NCc2cccc(O)c2)cc1Cl. The predicted octanol–water partition coefficient (Wildman–Crippen LogP) is 2.62. The van der Waals surface area contributed by atoms with E-state index in [1.54, 1.807) is 32.9 Å². The van der Waals surface area contributed by atoms with Crippen LogP contribution in [0, 0.1) is 5.92 Å². The molecular formula is C29H35ClN4O8. The summed E-state index contributed by atoms with van der Waals surface area (Å²) in [6.45, 7) is 5.70. The van der Waals surface area contributed by atoms with E-state index in [-0.39, 0.29) is 47.4 Å². The highest BCUT2D eigenvalue weighted by Gasteiger charge is 2.34. The van der Waals surface area contributed by atoms with Gasteiger partial charge in [-0.2, -0.15) is 0 Å². The molecule has 0 saturated carbocycles. The van der Waals surface area contributed by atoms with E-state index in [1.807, 2.05) is 0 Å². The second kappa shape index (κ2) is 14.0. The molecule has 2 aromatic rings. The first-order valence-corrected chi connectivity index (χ1v) is 13.6. The first-order chi connectivity index (χ1) is 19.8. The number of aromatic hydroxyl groups is 1. The zero-order chi connectivity index (χ0) is 31.0. The number of phenols is 1. The fraction of sp³-hybridized carbons (Fsp3) is 0.414. The van der Waals surface area contributed by atoms with Crippen molar-refractivity contribution in [3.63, 3.8) is 0 Å². The van der Waals surface area contributed by atoms with Gasteiger partial charge in [-0.05, 0) is 63.1 Å². The number of hydrogen-bond acceptors (Lipinski definition) is 8. The van der Waals surface area contributed by atoms with E-state index in [9.17, 15) is 29.1 Å². The number of methoxy groups -OCH3 is 1. The molecule has 0 bridgehead atoms. The molecular weight excluding hydrogens is 568 g/mol. The fourth-order valence-electron chi connectivity index (χ4n) is 4.18. The number of hydrogen-bond donors (Lipinski definition) is 4. The highest BCUT2D eigenvalue weighted by molar-refractivity contribution is 6.34. The molecule has 1 saturated heterocycles. The van der Waals surface area contributed by atoms with Gasteiger partial charge in [0.15, 0.2) is 0 Å². The van der Waals surface area contributed by atoms with Gasteiger partial charge in [0.2, 0.25) is 5.91 Å². The molecule has 4 amide bonds. The van der Waals surface area contributed by atoms with Gasteiger partial charge >= 0.3 is 12.1 Å². The topological polar surface area (TPSA) is 163 Å². The summed E-state index contributed by atoms with van der Waals surface area (Å²) in [6, 6.07) is 9.28. The Bertz CT molecular complexity index is 1340. The average Bonchev–Trinajstić information content (AvgIpc) is 3.43. The summed E-state index contributed by atoms with van der Waals surface area (Å²) in [5, 5.41) is 17.4. The largest absolute Gasteiger partial charge is 0.508 e. The van der Waals surface area contributed by atoms with Crippen LogP contribution in [0.2, 0.25) is 5.02 Å². The van der Waals surface area contributed by atoms with Gasteiger partial charge in [0.1, 0.15) is 17.4 Å². The Morgan fingerprint density at radius 2 is 1.81 bits per heavy atom. The van der Waals surface area contributed by atoms with E-state index in [0.29, 0.717) is 18.5 Å². The summed E-state index contributed by atoms with van der Waals surface area (Å²) in [6.07, 6.45) is -0.0849. The monoisotopic (exact) mass is 602 g/mol. The van der Waals surface area contributed by atoms with Crippen molar-refractivity contribution < 1.29 is 38.6 Å². The zero-order valence-corrected chi connectivity index (χ0v) is 24.6. The molecule has 2 aromatic carbocycles. The van der Waals surface area contributed by atoms with Crippen LogP contribution in [0.5, 0.6) is 5.75 Å². The van der Waals surface area contributed by atoms with E-state index >= 15 is 0 Å². The molecule has 0 radical (unpaired) electrons. The van der Waals surface area contributed by atoms with Gasteiger partial charge < -0.3 is 35.4 Å². The number of rotatable bonds is 9. The lowest BCUT2D eigenvalue weighted by atomic mass is 10.1. The Kier molecular flexibility index (Phi) is 10.8. The van der Waals surface area contributed by atoms with Crippen LogP contribution in [0.1, 0.15) is 53.5 Å². The van der Waals surface area contributed by atoms with E-state index in [1.165, 1.54) is 35.2 Å². The number of nitrogens with one attached hydrogen (secondary N) is 3. The van der Waals surface area contributed by atoms with E-state index < -0.39 is 41.4 Å². The van der Waals surface area contributed by atoms with Crippen LogP contribution in [-0.4, -0.2) is 78.2 Å². The van der Waals surface area contributed by atoms with Crippen molar-refractivity contribution in [3.8, 4) is 5.75 Å². The zero-order valence-electron chi connectivity index (χ0n) is 23.9. The number of benzene rings is 2. The van der Waals surface area contributed by atoms with Gasteiger partial charge in [-0.25, -0.2) is 9.59 Å². The Morgan fingerprint density at radius 1 is 1.07 bits per heavy atom. The molecule has 12 nitrogen and oxygen atoms in total. The van der Waals surface area contributed by atoms with E-state index in [4.69, 9.17) is 21.1 Å². The lowest BCUT2D eigenvalue weighted by Crippen LogP contribution is -2.50. The summed E-state index contributed by atoms with van der Waals surface area (Å²) in [7, 11) is 1.15. The first-order valence-electron chi connectivity index (χ1n) is 13.3. The molecule has 42 heavy (non-hydrogen) atoms. The van der Waals surface area contributed by atoms with Crippen LogP contribution in [0.25, 0.3) is 0 Å². The molecule has 1 heterocycles. The Labute approximate surface area is 248 Å². The van der Waals surface area contributed by atoms with Gasteiger partial charge in [-0.15, -0.1) is 0 Å². The van der Waals surface area contributed by atoms with Crippen molar-refractivity contribution in [2.75, 3.05) is 26.7 Å².